The number of rotatable bonds is 4. The molecule has 0 spiro atoms. The molecular weight excluding hydrogens is 213 g/mol. The van der Waals surface area contributed by atoms with Gasteiger partial charge in [0.25, 0.3) is 5.89 Å². The number of phosphoric ester groups is 1. The minimum Gasteiger partial charge on any atom is -0.442 e. The van der Waals surface area contributed by atoms with Crippen LogP contribution in [0.4, 0.5) is 0 Å². The zero-order valence-corrected chi connectivity index (χ0v) is 8.10. The van der Waals surface area contributed by atoms with Gasteiger partial charge in [-0.3, -0.25) is 9.32 Å². The van der Waals surface area contributed by atoms with E-state index in [9.17, 15) is 9.36 Å². The number of carbonyl (C=O) groups excluding carboxylic acids is 1. The number of carbonyl (C=O) groups is 1. The van der Waals surface area contributed by atoms with E-state index in [1.807, 2.05) is 0 Å². The van der Waals surface area contributed by atoms with Crippen LogP contribution >= 0.6 is 7.82 Å². The van der Waals surface area contributed by atoms with Crippen LogP contribution in [0.5, 0.6) is 0 Å². The first kappa shape index (κ1) is 11.1. The molecule has 0 aliphatic heterocycles. The summed E-state index contributed by atoms with van der Waals surface area (Å²) in [5, 5.41) is 0. The summed E-state index contributed by atoms with van der Waals surface area (Å²) in [6.07, 6.45) is 1.10. The van der Waals surface area contributed by atoms with Crippen molar-refractivity contribution in [3.63, 3.8) is 0 Å². The van der Waals surface area contributed by atoms with Crippen LogP contribution in [0.3, 0.4) is 0 Å². The Balaban J connectivity index is 2.61. The first-order chi connectivity index (χ1) is 6.38. The van der Waals surface area contributed by atoms with E-state index in [0.717, 1.165) is 6.26 Å². The molecule has 7 nitrogen and oxygen atoms in total. The molecule has 0 aromatic carbocycles. The van der Waals surface area contributed by atoms with Gasteiger partial charge >= 0.3 is 7.82 Å². The molecule has 0 unspecified atom stereocenters. The summed E-state index contributed by atoms with van der Waals surface area (Å²) in [5.74, 6) is -0.484. The van der Waals surface area contributed by atoms with E-state index >= 15 is 0 Å². The van der Waals surface area contributed by atoms with Crippen LogP contribution in [0.2, 0.25) is 0 Å². The highest BCUT2D eigenvalue weighted by atomic mass is 31.2. The van der Waals surface area contributed by atoms with Crippen molar-refractivity contribution in [2.24, 2.45) is 0 Å². The number of phosphoric acid groups is 1. The molecule has 1 rings (SSSR count). The third-order valence-electron chi connectivity index (χ3n) is 1.23. The fourth-order valence-electron chi connectivity index (χ4n) is 0.685. The predicted molar refractivity (Wildman–Crippen MR) is 43.3 cm³/mol. The van der Waals surface area contributed by atoms with Crippen LogP contribution in [-0.2, 0) is 15.7 Å². The third-order valence-corrected chi connectivity index (χ3v) is 1.70. The van der Waals surface area contributed by atoms with Gasteiger partial charge in [0.05, 0.1) is 0 Å². The van der Waals surface area contributed by atoms with Crippen molar-refractivity contribution in [1.29, 1.82) is 0 Å². The van der Waals surface area contributed by atoms with E-state index in [0.29, 0.717) is 0 Å². The standard InChI is InChI=1S/C6H8NO6P/c1-4(8)6-7-5(2-12-6)3-13-14(9,10)11/h2H,3H2,1H3,(H2,9,10,11). The average Bonchev–Trinajstić information content (AvgIpc) is 2.47. The summed E-state index contributed by atoms with van der Waals surface area (Å²) in [6, 6.07) is 0. The highest BCUT2D eigenvalue weighted by Crippen LogP contribution is 2.36. The quantitative estimate of drug-likeness (QED) is 0.562. The lowest BCUT2D eigenvalue weighted by Crippen LogP contribution is -1.94. The van der Waals surface area contributed by atoms with Crippen molar-refractivity contribution >= 4 is 13.6 Å². The highest BCUT2D eigenvalue weighted by Gasteiger charge is 2.16. The maximum absolute atomic E-state index is 10.7. The zero-order valence-electron chi connectivity index (χ0n) is 7.21. The number of nitrogens with zero attached hydrogens (tertiary/aromatic N) is 1. The van der Waals surface area contributed by atoms with Gasteiger partial charge in [0.15, 0.2) is 0 Å². The van der Waals surface area contributed by atoms with E-state index < -0.39 is 14.4 Å². The predicted octanol–water partition coefficient (Wildman–Crippen LogP) is 0.486. The number of ketones is 1. The zero-order chi connectivity index (χ0) is 10.8. The molecule has 8 heteroatoms. The van der Waals surface area contributed by atoms with Gasteiger partial charge in [0.1, 0.15) is 18.6 Å². The largest absolute Gasteiger partial charge is 0.469 e. The smallest absolute Gasteiger partial charge is 0.442 e. The molecular formula is C6H8NO6P. The molecule has 78 valence electrons. The van der Waals surface area contributed by atoms with Crippen LogP contribution < -0.4 is 0 Å². The summed E-state index contributed by atoms with van der Waals surface area (Å²) in [5.41, 5.74) is 0.151. The van der Waals surface area contributed by atoms with E-state index in [-0.39, 0.29) is 17.4 Å². The fourth-order valence-corrected chi connectivity index (χ4v) is 0.986. The summed E-state index contributed by atoms with van der Waals surface area (Å²) >= 11 is 0. The van der Waals surface area contributed by atoms with Gasteiger partial charge < -0.3 is 14.2 Å². The van der Waals surface area contributed by atoms with Crippen molar-refractivity contribution in [3.05, 3.63) is 17.8 Å². The van der Waals surface area contributed by atoms with Crippen LogP contribution in [-0.4, -0.2) is 20.6 Å². The van der Waals surface area contributed by atoms with Crippen LogP contribution in [0.15, 0.2) is 10.7 Å². The lowest BCUT2D eigenvalue weighted by atomic mass is 10.4. The highest BCUT2D eigenvalue weighted by molar-refractivity contribution is 7.46. The lowest BCUT2D eigenvalue weighted by molar-refractivity contribution is 0.0980. The Kier molecular flexibility index (Phi) is 3.17. The Morgan fingerprint density at radius 3 is 2.79 bits per heavy atom. The molecule has 1 heterocycles. The van der Waals surface area contributed by atoms with Gasteiger partial charge in [-0.2, -0.15) is 0 Å². The Labute approximate surface area is 79.0 Å². The molecule has 0 aliphatic rings. The van der Waals surface area contributed by atoms with Crippen molar-refractivity contribution in [2.45, 2.75) is 13.5 Å². The van der Waals surface area contributed by atoms with E-state index in [2.05, 4.69) is 9.51 Å². The number of aromatic nitrogens is 1. The molecule has 0 radical (unpaired) electrons. The minimum atomic E-state index is -4.51. The number of hydrogen-bond donors (Lipinski definition) is 2. The van der Waals surface area contributed by atoms with Gasteiger partial charge in [-0.15, -0.1) is 0 Å². The fraction of sp³-hybridized carbons (Fsp3) is 0.333. The molecule has 1 aromatic rings. The molecule has 14 heavy (non-hydrogen) atoms. The van der Waals surface area contributed by atoms with Gasteiger partial charge in [0.2, 0.25) is 5.78 Å². The second-order valence-electron chi connectivity index (χ2n) is 2.46. The molecule has 0 saturated carbocycles. The topological polar surface area (TPSA) is 110 Å². The van der Waals surface area contributed by atoms with Gasteiger partial charge in [-0.05, 0) is 0 Å². The second-order valence-corrected chi connectivity index (χ2v) is 3.70. The molecule has 0 fully saturated rings. The van der Waals surface area contributed by atoms with Crippen LogP contribution in [0.25, 0.3) is 0 Å². The Hall–Kier alpha value is -1.01. The molecule has 0 saturated heterocycles. The lowest BCUT2D eigenvalue weighted by Gasteiger charge is -2.00. The summed E-state index contributed by atoms with van der Waals surface area (Å²) < 4.78 is 19.1. The van der Waals surface area contributed by atoms with Gasteiger partial charge in [-0.25, -0.2) is 9.55 Å². The summed E-state index contributed by atoms with van der Waals surface area (Å²) in [7, 11) is -4.51. The van der Waals surface area contributed by atoms with Crippen molar-refractivity contribution in [1.82, 2.24) is 4.98 Å². The molecule has 2 N–H and O–H groups in total. The number of oxazole rings is 1. The molecule has 0 bridgehead atoms. The Morgan fingerprint density at radius 1 is 1.71 bits per heavy atom. The monoisotopic (exact) mass is 221 g/mol. The molecule has 0 aliphatic carbocycles. The van der Waals surface area contributed by atoms with Crippen molar-refractivity contribution in [3.8, 4) is 0 Å². The van der Waals surface area contributed by atoms with Gasteiger partial charge in [0, 0.05) is 6.92 Å². The first-order valence-corrected chi connectivity index (χ1v) is 5.07. The number of hydrogen-bond acceptors (Lipinski definition) is 5. The molecule has 1 aromatic heterocycles. The van der Waals surface area contributed by atoms with Crippen molar-refractivity contribution < 1.29 is 28.1 Å². The maximum Gasteiger partial charge on any atom is 0.469 e. The third kappa shape index (κ3) is 3.39. The molecule has 0 atom stereocenters. The summed E-state index contributed by atoms with van der Waals surface area (Å²) in [6.45, 7) is 0.862. The average molecular weight is 221 g/mol. The Bertz CT molecular complexity index is 379. The first-order valence-electron chi connectivity index (χ1n) is 3.54. The van der Waals surface area contributed by atoms with E-state index in [1.54, 1.807) is 0 Å². The van der Waals surface area contributed by atoms with Gasteiger partial charge in [-0.1, -0.05) is 0 Å². The summed E-state index contributed by atoms with van der Waals surface area (Å²) in [4.78, 5) is 31.1. The van der Waals surface area contributed by atoms with Crippen LogP contribution in [0.1, 0.15) is 23.3 Å². The maximum atomic E-state index is 10.7. The Morgan fingerprint density at radius 2 is 2.36 bits per heavy atom. The van der Waals surface area contributed by atoms with Crippen molar-refractivity contribution in [2.75, 3.05) is 0 Å². The van der Waals surface area contributed by atoms with E-state index in [1.165, 1.54) is 6.92 Å². The van der Waals surface area contributed by atoms with Crippen LogP contribution in [0, 0.1) is 0 Å². The normalized spacial score (nSPS) is 11.6. The SMILES string of the molecule is CC(=O)c1nc(COP(=O)(O)O)co1. The van der Waals surface area contributed by atoms with E-state index in [4.69, 9.17) is 14.2 Å². The molecule has 0 amide bonds. The minimum absolute atomic E-state index is 0.116. The second kappa shape index (κ2) is 4.02. The number of Topliss-reactive ketones (excluding diaryl/α,β-unsaturated/α-hetero) is 1.